The highest BCUT2D eigenvalue weighted by molar-refractivity contribution is 5.92. The van der Waals surface area contributed by atoms with Crippen molar-refractivity contribution >= 4 is 5.91 Å². The summed E-state index contributed by atoms with van der Waals surface area (Å²) in [6.07, 6.45) is 10.5. The van der Waals surface area contributed by atoms with Gasteiger partial charge in [0.15, 0.2) is 0 Å². The molecule has 0 saturated carbocycles. The molecular weight excluding hydrogens is 374 g/mol. The molecule has 0 N–H and O–H groups in total. The molecule has 2 aliphatic heterocycles. The molecule has 5 rings (SSSR count). The fourth-order valence-corrected chi connectivity index (χ4v) is 4.78. The van der Waals surface area contributed by atoms with E-state index in [1.807, 2.05) is 27.8 Å². The molecule has 1 amide bonds. The number of hydrogen-bond acceptors (Lipinski definition) is 4. The minimum atomic E-state index is 0.0516. The molecule has 0 atom stereocenters. The van der Waals surface area contributed by atoms with Gasteiger partial charge in [0.05, 0.1) is 18.2 Å². The Morgan fingerprint density at radius 3 is 2.50 bits per heavy atom. The van der Waals surface area contributed by atoms with E-state index in [2.05, 4.69) is 45.2 Å². The van der Waals surface area contributed by atoms with Crippen LogP contribution in [0.1, 0.15) is 35.3 Å². The lowest BCUT2D eigenvalue weighted by molar-refractivity contribution is 0.0708. The van der Waals surface area contributed by atoms with Crippen molar-refractivity contribution in [2.75, 3.05) is 26.2 Å². The summed E-state index contributed by atoms with van der Waals surface area (Å²) in [5, 5.41) is 0. The van der Waals surface area contributed by atoms with E-state index >= 15 is 0 Å². The lowest BCUT2D eigenvalue weighted by atomic mass is 9.77. The normalized spacial score (nSPS) is 18.7. The number of nitrogens with zero attached hydrogens (tertiary/aromatic N) is 5. The first kappa shape index (κ1) is 19.0. The highest BCUT2D eigenvalue weighted by Crippen LogP contribution is 2.41. The number of rotatable bonds is 4. The number of likely N-dealkylation sites (tertiary alicyclic amines) is 2. The van der Waals surface area contributed by atoms with Gasteiger partial charge in [-0.15, -0.1) is 0 Å². The topological polar surface area (TPSA) is 54.3 Å². The van der Waals surface area contributed by atoms with Crippen molar-refractivity contribution in [3.63, 3.8) is 0 Å². The zero-order valence-electron chi connectivity index (χ0n) is 17.2. The molecule has 0 unspecified atom stereocenters. The van der Waals surface area contributed by atoms with E-state index in [4.69, 9.17) is 0 Å². The molecule has 1 aromatic carbocycles. The van der Waals surface area contributed by atoms with E-state index in [0.717, 1.165) is 57.7 Å². The highest BCUT2D eigenvalue weighted by atomic mass is 16.2. The summed E-state index contributed by atoms with van der Waals surface area (Å²) in [5.74, 6) is 0.0516. The van der Waals surface area contributed by atoms with Crippen LogP contribution in [0.2, 0.25) is 0 Å². The molecule has 2 aromatic heterocycles. The first-order valence-electron chi connectivity index (χ1n) is 10.7. The van der Waals surface area contributed by atoms with Crippen molar-refractivity contribution in [3.8, 4) is 5.69 Å². The SMILES string of the molecule is O=C(c1ccc(-n2ccnc2)cn1)N1CCC2(CCN(Cc3ccccc3)CC2)C1. The van der Waals surface area contributed by atoms with Gasteiger partial charge in [0.2, 0.25) is 0 Å². The van der Waals surface area contributed by atoms with Gasteiger partial charge in [0.25, 0.3) is 5.91 Å². The van der Waals surface area contributed by atoms with E-state index in [1.54, 1.807) is 18.7 Å². The molecule has 0 radical (unpaired) electrons. The zero-order valence-corrected chi connectivity index (χ0v) is 17.2. The van der Waals surface area contributed by atoms with Crippen LogP contribution in [0, 0.1) is 5.41 Å². The van der Waals surface area contributed by atoms with E-state index in [0.29, 0.717) is 5.69 Å². The van der Waals surface area contributed by atoms with Crippen LogP contribution >= 0.6 is 0 Å². The molecule has 154 valence electrons. The van der Waals surface area contributed by atoms with Crippen LogP contribution in [-0.4, -0.2) is 56.4 Å². The maximum atomic E-state index is 13.0. The largest absolute Gasteiger partial charge is 0.337 e. The summed E-state index contributed by atoms with van der Waals surface area (Å²) in [7, 11) is 0. The van der Waals surface area contributed by atoms with Gasteiger partial charge in [-0.05, 0) is 55.5 Å². The maximum absolute atomic E-state index is 13.0. The smallest absolute Gasteiger partial charge is 0.272 e. The molecule has 2 fully saturated rings. The average molecular weight is 402 g/mol. The molecule has 3 aromatic rings. The van der Waals surface area contributed by atoms with Crippen LogP contribution in [0.4, 0.5) is 0 Å². The highest BCUT2D eigenvalue weighted by Gasteiger charge is 2.42. The number of carbonyl (C=O) groups is 1. The van der Waals surface area contributed by atoms with Gasteiger partial charge < -0.3 is 9.47 Å². The molecule has 4 heterocycles. The van der Waals surface area contributed by atoms with E-state index in [-0.39, 0.29) is 11.3 Å². The number of pyridine rings is 1. The third-order valence-electron chi connectivity index (χ3n) is 6.66. The van der Waals surface area contributed by atoms with Crippen molar-refractivity contribution in [2.45, 2.75) is 25.8 Å². The molecular formula is C24H27N5O. The van der Waals surface area contributed by atoms with E-state index in [9.17, 15) is 4.79 Å². The van der Waals surface area contributed by atoms with Crippen LogP contribution < -0.4 is 0 Å². The van der Waals surface area contributed by atoms with Gasteiger partial charge >= 0.3 is 0 Å². The van der Waals surface area contributed by atoms with Crippen molar-refractivity contribution in [3.05, 3.63) is 78.6 Å². The van der Waals surface area contributed by atoms with Crippen LogP contribution in [-0.2, 0) is 6.54 Å². The van der Waals surface area contributed by atoms with Crippen LogP contribution in [0.15, 0.2) is 67.4 Å². The summed E-state index contributed by atoms with van der Waals surface area (Å²) >= 11 is 0. The zero-order chi connectivity index (χ0) is 20.4. The average Bonchev–Trinajstić information content (AvgIpc) is 3.47. The van der Waals surface area contributed by atoms with Crippen LogP contribution in [0.25, 0.3) is 5.69 Å². The Morgan fingerprint density at radius 2 is 1.80 bits per heavy atom. The molecule has 30 heavy (non-hydrogen) atoms. The summed E-state index contributed by atoms with van der Waals surface area (Å²) in [4.78, 5) is 26.0. The third-order valence-corrected chi connectivity index (χ3v) is 6.66. The van der Waals surface area contributed by atoms with Crippen LogP contribution in [0.3, 0.4) is 0 Å². The summed E-state index contributed by atoms with van der Waals surface area (Å²) in [6.45, 7) is 4.93. The molecule has 6 nitrogen and oxygen atoms in total. The third kappa shape index (κ3) is 3.87. The van der Waals surface area contributed by atoms with Gasteiger partial charge in [-0.2, -0.15) is 0 Å². The quantitative estimate of drug-likeness (QED) is 0.672. The number of piperidine rings is 1. The maximum Gasteiger partial charge on any atom is 0.272 e. The van der Waals surface area contributed by atoms with Crippen molar-refractivity contribution in [1.29, 1.82) is 0 Å². The van der Waals surface area contributed by atoms with Gasteiger partial charge in [-0.25, -0.2) is 9.97 Å². The number of aromatic nitrogens is 3. The fourth-order valence-electron chi connectivity index (χ4n) is 4.78. The molecule has 2 saturated heterocycles. The van der Waals surface area contributed by atoms with Crippen molar-refractivity contribution in [2.24, 2.45) is 5.41 Å². The number of amides is 1. The van der Waals surface area contributed by atoms with E-state index < -0.39 is 0 Å². The van der Waals surface area contributed by atoms with Gasteiger partial charge in [0.1, 0.15) is 5.69 Å². The Bertz CT molecular complexity index is 976. The van der Waals surface area contributed by atoms with Crippen molar-refractivity contribution in [1.82, 2.24) is 24.3 Å². The summed E-state index contributed by atoms with van der Waals surface area (Å²) < 4.78 is 1.88. The van der Waals surface area contributed by atoms with E-state index in [1.165, 1.54) is 5.56 Å². The number of carbonyl (C=O) groups excluding carboxylic acids is 1. The van der Waals surface area contributed by atoms with Gasteiger partial charge in [-0.3, -0.25) is 9.69 Å². The van der Waals surface area contributed by atoms with Crippen LogP contribution in [0.5, 0.6) is 0 Å². The molecule has 2 aliphatic rings. The Labute approximate surface area is 177 Å². The summed E-state index contributed by atoms with van der Waals surface area (Å²) in [6, 6.07) is 14.4. The number of benzene rings is 1. The fraction of sp³-hybridized carbons (Fsp3) is 0.375. The Morgan fingerprint density at radius 1 is 1.00 bits per heavy atom. The monoisotopic (exact) mass is 401 g/mol. The van der Waals surface area contributed by atoms with Crippen molar-refractivity contribution < 1.29 is 4.79 Å². The summed E-state index contributed by atoms with van der Waals surface area (Å²) in [5.41, 5.74) is 3.09. The predicted molar refractivity (Wildman–Crippen MR) is 115 cm³/mol. The van der Waals surface area contributed by atoms with Gasteiger partial charge in [0, 0.05) is 32.0 Å². The number of hydrogen-bond donors (Lipinski definition) is 0. The standard InChI is InChI=1S/C24H27N5O/c30-23(22-7-6-21(16-26-22)29-15-11-25-19-29)28-14-10-24(18-28)8-12-27(13-9-24)17-20-4-2-1-3-5-20/h1-7,11,15-16,19H,8-10,12-14,17-18H2. The lowest BCUT2D eigenvalue weighted by Gasteiger charge is -2.39. The molecule has 1 spiro atoms. The van der Waals surface area contributed by atoms with Gasteiger partial charge in [-0.1, -0.05) is 30.3 Å². The second-order valence-corrected chi connectivity index (χ2v) is 8.61. The molecule has 0 aliphatic carbocycles. The second-order valence-electron chi connectivity index (χ2n) is 8.61. The first-order chi connectivity index (χ1) is 14.7. The number of imidazole rings is 1. The predicted octanol–water partition coefficient (Wildman–Crippen LogP) is 3.40. The Balaban J connectivity index is 1.18. The molecule has 0 bridgehead atoms. The lowest BCUT2D eigenvalue weighted by Crippen LogP contribution is -2.42. The minimum Gasteiger partial charge on any atom is -0.337 e. The second kappa shape index (κ2) is 8.03. The Kier molecular flexibility index (Phi) is 5.09. The first-order valence-corrected chi connectivity index (χ1v) is 10.7. The minimum absolute atomic E-state index is 0.0516. The molecule has 6 heteroatoms. The Hall–Kier alpha value is -2.99.